The molecular formula is C21H28N2O6. The number of carbonyl (C=O) groups excluding carboxylic acids is 3. The summed E-state index contributed by atoms with van der Waals surface area (Å²) in [6, 6.07) is 7.44. The standard InChI is InChI=1S/C21H28N2O6/c1-6-27-17(24)21(18(25)28-7-2,23-19(26)29-20(3,4)5)12-14-13-22-16-11-9-8-10-15(14)16/h8-11,13,22H,6-7,12H2,1-5H3,(H,23,26). The van der Waals surface area contributed by atoms with Gasteiger partial charge in [-0.25, -0.2) is 14.4 Å². The Morgan fingerprint density at radius 1 is 1.00 bits per heavy atom. The molecule has 0 radical (unpaired) electrons. The van der Waals surface area contributed by atoms with Crippen LogP contribution in [0, 0.1) is 0 Å². The van der Waals surface area contributed by atoms with Crippen molar-refractivity contribution < 1.29 is 28.6 Å². The maximum Gasteiger partial charge on any atom is 0.409 e. The Kier molecular flexibility index (Phi) is 6.89. The summed E-state index contributed by atoms with van der Waals surface area (Å²) in [5.41, 5.74) is -1.42. The van der Waals surface area contributed by atoms with Crippen molar-refractivity contribution in [1.29, 1.82) is 0 Å². The Labute approximate surface area is 169 Å². The highest BCUT2D eigenvalue weighted by molar-refractivity contribution is 6.08. The average molecular weight is 404 g/mol. The summed E-state index contributed by atoms with van der Waals surface area (Å²) in [6.07, 6.45) is 0.612. The zero-order chi connectivity index (χ0) is 21.7. The summed E-state index contributed by atoms with van der Waals surface area (Å²) >= 11 is 0. The van der Waals surface area contributed by atoms with Crippen molar-refractivity contribution in [3.8, 4) is 0 Å². The van der Waals surface area contributed by atoms with Crippen LogP contribution in [0.3, 0.4) is 0 Å². The smallest absolute Gasteiger partial charge is 0.409 e. The number of hydrogen-bond acceptors (Lipinski definition) is 6. The Morgan fingerprint density at radius 3 is 2.14 bits per heavy atom. The first-order chi connectivity index (χ1) is 13.6. The minimum atomic E-state index is -2.08. The number of hydrogen-bond donors (Lipinski definition) is 2. The maximum atomic E-state index is 12.9. The monoisotopic (exact) mass is 404 g/mol. The molecule has 0 aliphatic rings. The molecule has 0 atom stereocenters. The molecule has 2 N–H and O–H groups in total. The summed E-state index contributed by atoms with van der Waals surface area (Å²) in [4.78, 5) is 41.5. The van der Waals surface area contributed by atoms with Gasteiger partial charge in [-0.2, -0.15) is 0 Å². The Hall–Kier alpha value is -3.03. The number of nitrogens with one attached hydrogen (secondary N) is 2. The van der Waals surface area contributed by atoms with Gasteiger partial charge >= 0.3 is 18.0 Å². The number of ether oxygens (including phenoxy) is 3. The summed E-state index contributed by atoms with van der Waals surface area (Å²) in [5, 5.41) is 3.25. The number of alkyl carbamates (subject to hydrolysis) is 1. The van der Waals surface area contributed by atoms with E-state index >= 15 is 0 Å². The van der Waals surface area contributed by atoms with Crippen molar-refractivity contribution in [3.05, 3.63) is 36.0 Å². The molecule has 0 unspecified atom stereocenters. The maximum absolute atomic E-state index is 12.9. The van der Waals surface area contributed by atoms with Gasteiger partial charge in [0.2, 0.25) is 5.54 Å². The molecule has 29 heavy (non-hydrogen) atoms. The lowest BCUT2D eigenvalue weighted by Crippen LogP contribution is -2.63. The van der Waals surface area contributed by atoms with Crippen LogP contribution >= 0.6 is 0 Å². The number of fused-ring (bicyclic) bond motifs is 1. The zero-order valence-corrected chi connectivity index (χ0v) is 17.5. The van der Waals surface area contributed by atoms with Gasteiger partial charge in [-0.15, -0.1) is 0 Å². The van der Waals surface area contributed by atoms with E-state index in [-0.39, 0.29) is 19.6 Å². The molecule has 2 rings (SSSR count). The first-order valence-corrected chi connectivity index (χ1v) is 9.53. The fourth-order valence-electron chi connectivity index (χ4n) is 2.92. The van der Waals surface area contributed by atoms with E-state index in [9.17, 15) is 14.4 Å². The van der Waals surface area contributed by atoms with Gasteiger partial charge in [0.1, 0.15) is 5.60 Å². The average Bonchev–Trinajstić information content (AvgIpc) is 3.02. The van der Waals surface area contributed by atoms with Crippen molar-refractivity contribution in [1.82, 2.24) is 10.3 Å². The molecule has 0 saturated heterocycles. The molecule has 0 aliphatic carbocycles. The molecule has 0 fully saturated rings. The SMILES string of the molecule is CCOC(=O)C(Cc1c[nH]c2ccccc12)(NC(=O)OC(C)(C)C)C(=O)OCC. The largest absolute Gasteiger partial charge is 0.464 e. The number of amides is 1. The Balaban J connectivity index is 2.52. The van der Waals surface area contributed by atoms with Gasteiger partial charge in [0.15, 0.2) is 0 Å². The Bertz CT molecular complexity index is 863. The van der Waals surface area contributed by atoms with Crippen LogP contribution in [0.4, 0.5) is 4.79 Å². The second-order valence-electron chi connectivity index (χ2n) is 7.51. The molecule has 0 bridgehead atoms. The number of H-pyrrole nitrogens is 1. The van der Waals surface area contributed by atoms with E-state index in [1.807, 2.05) is 24.3 Å². The molecule has 1 aromatic heterocycles. The van der Waals surface area contributed by atoms with Gasteiger partial charge in [-0.1, -0.05) is 18.2 Å². The minimum absolute atomic E-state index is 0.0316. The molecule has 158 valence electrons. The predicted octanol–water partition coefficient (Wildman–Crippen LogP) is 3.10. The van der Waals surface area contributed by atoms with Gasteiger partial charge < -0.3 is 19.2 Å². The lowest BCUT2D eigenvalue weighted by atomic mass is 9.90. The van der Waals surface area contributed by atoms with Crippen molar-refractivity contribution in [2.75, 3.05) is 13.2 Å². The fraction of sp³-hybridized carbons (Fsp3) is 0.476. The van der Waals surface area contributed by atoms with Crippen LogP contribution < -0.4 is 5.32 Å². The van der Waals surface area contributed by atoms with Crippen LogP contribution in [0.2, 0.25) is 0 Å². The minimum Gasteiger partial charge on any atom is -0.464 e. The summed E-state index contributed by atoms with van der Waals surface area (Å²) in [5.74, 6) is -1.82. The summed E-state index contributed by atoms with van der Waals surface area (Å²) in [7, 11) is 0. The van der Waals surface area contributed by atoms with Gasteiger partial charge in [-0.05, 0) is 46.2 Å². The Morgan fingerprint density at radius 2 is 1.59 bits per heavy atom. The number of aromatic nitrogens is 1. The third kappa shape index (κ3) is 5.28. The van der Waals surface area contributed by atoms with Crippen molar-refractivity contribution in [2.45, 2.75) is 52.2 Å². The van der Waals surface area contributed by atoms with Gasteiger partial charge in [0, 0.05) is 23.5 Å². The summed E-state index contributed by atoms with van der Waals surface area (Å²) in [6.45, 7) is 8.35. The number of para-hydroxylation sites is 1. The first-order valence-electron chi connectivity index (χ1n) is 9.53. The van der Waals surface area contributed by atoms with E-state index in [0.717, 1.165) is 10.9 Å². The van der Waals surface area contributed by atoms with E-state index in [4.69, 9.17) is 14.2 Å². The molecule has 1 aromatic carbocycles. The number of aromatic amines is 1. The normalized spacial score (nSPS) is 11.8. The van der Waals surface area contributed by atoms with Crippen LogP contribution in [0.1, 0.15) is 40.2 Å². The topological polar surface area (TPSA) is 107 Å². The van der Waals surface area contributed by atoms with Gasteiger partial charge in [-0.3, -0.25) is 5.32 Å². The van der Waals surface area contributed by atoms with Crippen LogP contribution in [0.25, 0.3) is 10.9 Å². The number of benzene rings is 1. The molecule has 2 aromatic rings. The lowest BCUT2D eigenvalue weighted by Gasteiger charge is -2.31. The second-order valence-corrected chi connectivity index (χ2v) is 7.51. The zero-order valence-electron chi connectivity index (χ0n) is 17.5. The van der Waals surface area contributed by atoms with Crippen molar-refractivity contribution >= 4 is 28.9 Å². The number of rotatable bonds is 7. The van der Waals surface area contributed by atoms with Gasteiger partial charge in [0.25, 0.3) is 0 Å². The van der Waals surface area contributed by atoms with E-state index < -0.39 is 29.2 Å². The third-order valence-electron chi connectivity index (χ3n) is 4.09. The van der Waals surface area contributed by atoms with Crippen molar-refractivity contribution in [3.63, 3.8) is 0 Å². The summed E-state index contributed by atoms with van der Waals surface area (Å²) < 4.78 is 15.6. The fourth-order valence-corrected chi connectivity index (χ4v) is 2.92. The molecule has 8 heteroatoms. The van der Waals surface area contributed by atoms with Crippen LogP contribution in [0.5, 0.6) is 0 Å². The molecule has 0 spiro atoms. The molecule has 8 nitrogen and oxygen atoms in total. The molecule has 1 amide bonds. The van der Waals surface area contributed by atoms with Crippen LogP contribution in [-0.2, 0) is 30.2 Å². The lowest BCUT2D eigenvalue weighted by molar-refractivity contribution is -0.166. The molecule has 0 aliphatic heterocycles. The number of carbonyl (C=O) groups is 3. The van der Waals surface area contributed by atoms with E-state index in [0.29, 0.717) is 5.56 Å². The molecule has 1 heterocycles. The van der Waals surface area contributed by atoms with E-state index in [2.05, 4.69) is 10.3 Å². The van der Waals surface area contributed by atoms with Gasteiger partial charge in [0.05, 0.1) is 13.2 Å². The second kappa shape index (κ2) is 8.98. The van der Waals surface area contributed by atoms with E-state index in [1.54, 1.807) is 40.8 Å². The molecule has 0 saturated carbocycles. The quantitative estimate of drug-likeness (QED) is 0.417. The van der Waals surface area contributed by atoms with E-state index in [1.165, 1.54) is 0 Å². The number of esters is 2. The van der Waals surface area contributed by atoms with Crippen molar-refractivity contribution in [2.24, 2.45) is 0 Å². The predicted molar refractivity (Wildman–Crippen MR) is 107 cm³/mol. The highest BCUT2D eigenvalue weighted by atomic mass is 16.6. The highest BCUT2D eigenvalue weighted by Gasteiger charge is 2.51. The van der Waals surface area contributed by atoms with Crippen LogP contribution in [-0.4, -0.2) is 47.4 Å². The first kappa shape index (κ1) is 22.3. The molecular weight excluding hydrogens is 376 g/mol. The van der Waals surface area contributed by atoms with Crippen LogP contribution in [0.15, 0.2) is 30.5 Å². The highest BCUT2D eigenvalue weighted by Crippen LogP contribution is 2.25. The third-order valence-corrected chi connectivity index (χ3v) is 4.09.